The Hall–Kier alpha value is -2.71. The normalized spacial score (nSPS) is 19.2. The molecule has 5 rings (SSSR count). The number of likely N-dealkylation sites (N-methyl/N-ethyl adjacent to an activating group) is 1. The zero-order chi connectivity index (χ0) is 23.0. The van der Waals surface area contributed by atoms with Crippen molar-refractivity contribution in [2.45, 2.75) is 13.1 Å². The quantitative estimate of drug-likeness (QED) is 0.577. The van der Waals surface area contributed by atoms with E-state index in [1.54, 1.807) is 30.1 Å². The van der Waals surface area contributed by atoms with Crippen LogP contribution in [0.2, 0.25) is 0 Å². The zero-order valence-corrected chi connectivity index (χ0v) is 19.2. The first-order chi connectivity index (χ1) is 16.0. The van der Waals surface area contributed by atoms with Gasteiger partial charge in [0.2, 0.25) is 0 Å². The largest absolute Gasteiger partial charge is 0.417 e. The van der Waals surface area contributed by atoms with Crippen molar-refractivity contribution >= 4 is 29.0 Å². The number of allylic oxidation sites excluding steroid dienone is 2. The van der Waals surface area contributed by atoms with Crippen molar-refractivity contribution in [1.29, 1.82) is 0 Å². The van der Waals surface area contributed by atoms with Gasteiger partial charge >= 0.3 is 6.18 Å². The lowest BCUT2D eigenvalue weighted by molar-refractivity contribution is -0.137. The number of thioether (sulfide) groups is 1. The van der Waals surface area contributed by atoms with Crippen LogP contribution in [0.15, 0.2) is 71.4 Å². The number of fused-ring (bicyclic) bond motifs is 1. The number of halogens is 3. The van der Waals surface area contributed by atoms with Gasteiger partial charge in [-0.2, -0.15) is 13.2 Å². The maximum absolute atomic E-state index is 13.9. The average Bonchev–Trinajstić information content (AvgIpc) is 3.32. The highest BCUT2D eigenvalue weighted by Gasteiger charge is 2.37. The van der Waals surface area contributed by atoms with Gasteiger partial charge in [-0.05, 0) is 36.4 Å². The molecule has 33 heavy (non-hydrogen) atoms. The highest BCUT2D eigenvalue weighted by Crippen LogP contribution is 2.47. The van der Waals surface area contributed by atoms with Crippen molar-refractivity contribution in [2.75, 3.05) is 48.3 Å². The molecule has 4 nitrogen and oxygen atoms in total. The van der Waals surface area contributed by atoms with Crippen LogP contribution in [0.4, 0.5) is 24.7 Å². The molecular weight excluding hydrogens is 445 g/mol. The van der Waals surface area contributed by atoms with Crippen LogP contribution in [0.1, 0.15) is 18.1 Å². The zero-order valence-electron chi connectivity index (χ0n) is 18.3. The number of benzene rings is 1. The maximum Gasteiger partial charge on any atom is 0.417 e. The second kappa shape index (κ2) is 8.91. The highest BCUT2D eigenvalue weighted by atomic mass is 32.2. The number of piperazine rings is 1. The van der Waals surface area contributed by atoms with Crippen LogP contribution in [0.3, 0.4) is 0 Å². The third-order valence-electron chi connectivity index (χ3n) is 6.29. The van der Waals surface area contributed by atoms with Gasteiger partial charge in [0.25, 0.3) is 0 Å². The molecule has 1 saturated heterocycles. The van der Waals surface area contributed by atoms with E-state index in [0.29, 0.717) is 5.70 Å². The lowest BCUT2D eigenvalue weighted by atomic mass is 9.98. The third kappa shape index (κ3) is 4.29. The Labute approximate surface area is 196 Å². The molecule has 4 heterocycles. The van der Waals surface area contributed by atoms with Crippen LogP contribution >= 0.6 is 11.8 Å². The van der Waals surface area contributed by atoms with Crippen LogP contribution in [-0.2, 0) is 6.18 Å². The number of hydrogen-bond donors (Lipinski definition) is 0. The molecule has 0 amide bonds. The summed E-state index contributed by atoms with van der Waals surface area (Å²) in [6.07, 6.45) is 3.19. The summed E-state index contributed by atoms with van der Waals surface area (Å²) in [7, 11) is 0. The molecule has 0 unspecified atom stereocenters. The van der Waals surface area contributed by atoms with Crippen molar-refractivity contribution in [3.05, 3.63) is 82.6 Å². The Morgan fingerprint density at radius 3 is 2.52 bits per heavy atom. The van der Waals surface area contributed by atoms with Crippen LogP contribution in [0.25, 0.3) is 5.70 Å². The lowest BCUT2D eigenvalue weighted by Gasteiger charge is -2.35. The number of rotatable bonds is 4. The summed E-state index contributed by atoms with van der Waals surface area (Å²) >= 11 is 1.57. The molecule has 0 radical (unpaired) electrons. The minimum atomic E-state index is -4.44. The standard InChI is InChI=1S/C25H25F3N4S/c1-2-30-12-14-31(15-13-30)22-8-7-19(17-29-22)32-11-9-18-10-16-33-24(18)23(32)20-5-3-4-6-21(20)25(26,27)28/h3-11,17H,2,12-16H2,1H3. The van der Waals surface area contributed by atoms with E-state index in [9.17, 15) is 13.2 Å². The molecule has 0 saturated carbocycles. The molecule has 0 atom stereocenters. The summed E-state index contributed by atoms with van der Waals surface area (Å²) in [6.45, 7) is 7.07. The van der Waals surface area contributed by atoms with E-state index in [4.69, 9.17) is 0 Å². The number of anilines is 2. The van der Waals surface area contributed by atoms with E-state index < -0.39 is 11.7 Å². The summed E-state index contributed by atoms with van der Waals surface area (Å²) < 4.78 is 41.7. The SMILES string of the molecule is CCN1CCN(c2ccc(N3C=CC4=CCSC4=C3c3ccccc3C(F)(F)F)cn2)CC1. The van der Waals surface area contributed by atoms with Crippen molar-refractivity contribution in [2.24, 2.45) is 0 Å². The molecule has 3 aliphatic rings. The number of nitrogens with zero attached hydrogens (tertiary/aromatic N) is 4. The molecule has 8 heteroatoms. The topological polar surface area (TPSA) is 22.6 Å². The Balaban J connectivity index is 1.50. The molecule has 1 fully saturated rings. The number of pyridine rings is 1. The Morgan fingerprint density at radius 1 is 1.03 bits per heavy atom. The van der Waals surface area contributed by atoms with E-state index >= 15 is 0 Å². The number of aromatic nitrogens is 1. The first-order valence-corrected chi connectivity index (χ1v) is 12.1. The molecule has 1 aromatic carbocycles. The lowest BCUT2D eigenvalue weighted by Crippen LogP contribution is -2.46. The number of hydrogen-bond acceptors (Lipinski definition) is 5. The fourth-order valence-electron chi connectivity index (χ4n) is 4.48. The van der Waals surface area contributed by atoms with Gasteiger partial charge in [0, 0.05) is 48.6 Å². The van der Waals surface area contributed by atoms with Crippen molar-refractivity contribution in [3.8, 4) is 0 Å². The Bertz CT molecular complexity index is 1110. The summed E-state index contributed by atoms with van der Waals surface area (Å²) in [5, 5.41) is 0. The van der Waals surface area contributed by atoms with E-state index in [2.05, 4.69) is 27.8 Å². The summed E-state index contributed by atoms with van der Waals surface area (Å²) in [6, 6.07) is 9.73. The Morgan fingerprint density at radius 2 is 1.82 bits per heavy atom. The van der Waals surface area contributed by atoms with Crippen LogP contribution in [-0.4, -0.2) is 48.4 Å². The minimum absolute atomic E-state index is 0.185. The second-order valence-electron chi connectivity index (χ2n) is 8.17. The molecule has 0 bridgehead atoms. The monoisotopic (exact) mass is 470 g/mol. The molecule has 0 N–H and O–H groups in total. The van der Waals surface area contributed by atoms with Crippen LogP contribution < -0.4 is 9.80 Å². The first-order valence-electron chi connectivity index (χ1n) is 11.1. The molecule has 172 valence electrons. The number of alkyl halides is 3. The molecule has 2 aromatic rings. The van der Waals surface area contributed by atoms with Gasteiger partial charge in [0.15, 0.2) is 0 Å². The van der Waals surface area contributed by atoms with Crippen molar-refractivity contribution < 1.29 is 13.2 Å². The third-order valence-corrected chi connectivity index (χ3v) is 7.34. The smallest absolute Gasteiger partial charge is 0.354 e. The van der Waals surface area contributed by atoms with Gasteiger partial charge in [0.05, 0.1) is 23.1 Å². The minimum Gasteiger partial charge on any atom is -0.354 e. The Kier molecular flexibility index (Phi) is 5.97. The van der Waals surface area contributed by atoms with Gasteiger partial charge in [-0.1, -0.05) is 31.2 Å². The fourth-order valence-corrected chi connectivity index (χ4v) is 5.58. The van der Waals surface area contributed by atoms with Crippen LogP contribution in [0.5, 0.6) is 0 Å². The first kappa shape index (κ1) is 22.1. The van der Waals surface area contributed by atoms with E-state index in [1.165, 1.54) is 6.07 Å². The van der Waals surface area contributed by atoms with E-state index in [1.807, 2.05) is 29.3 Å². The summed E-state index contributed by atoms with van der Waals surface area (Å²) in [5.41, 5.74) is 1.84. The van der Waals surface area contributed by atoms with Crippen LogP contribution in [0, 0.1) is 0 Å². The van der Waals surface area contributed by atoms with Crippen molar-refractivity contribution in [1.82, 2.24) is 9.88 Å². The molecule has 0 aliphatic carbocycles. The van der Waals surface area contributed by atoms with Gasteiger partial charge in [-0.25, -0.2) is 4.98 Å². The predicted octanol–water partition coefficient (Wildman–Crippen LogP) is 5.62. The van der Waals surface area contributed by atoms with Gasteiger partial charge in [-0.15, -0.1) is 11.8 Å². The molecule has 0 spiro atoms. The average molecular weight is 471 g/mol. The van der Waals surface area contributed by atoms with Crippen molar-refractivity contribution in [3.63, 3.8) is 0 Å². The summed E-state index contributed by atoms with van der Waals surface area (Å²) in [4.78, 5) is 12.0. The second-order valence-corrected chi connectivity index (χ2v) is 9.20. The van der Waals surface area contributed by atoms with Gasteiger partial charge < -0.3 is 14.7 Å². The van der Waals surface area contributed by atoms with E-state index in [0.717, 1.165) is 66.5 Å². The molecular formula is C25H25F3N4S. The molecule has 1 aromatic heterocycles. The highest BCUT2D eigenvalue weighted by molar-refractivity contribution is 8.04. The fraction of sp³-hybridized carbons (Fsp3) is 0.320. The van der Waals surface area contributed by atoms with E-state index in [-0.39, 0.29) is 5.56 Å². The predicted molar refractivity (Wildman–Crippen MR) is 129 cm³/mol. The van der Waals surface area contributed by atoms with Gasteiger partial charge in [-0.3, -0.25) is 0 Å². The van der Waals surface area contributed by atoms with Gasteiger partial charge in [0.1, 0.15) is 5.82 Å². The maximum atomic E-state index is 13.9. The summed E-state index contributed by atoms with van der Waals surface area (Å²) in [5.74, 6) is 1.65. The molecule has 3 aliphatic heterocycles.